The van der Waals surface area contributed by atoms with E-state index in [-0.39, 0.29) is 0 Å². The van der Waals surface area contributed by atoms with Crippen LogP contribution in [0.1, 0.15) is 30.0 Å². The maximum absolute atomic E-state index is 6.18. The zero-order valence-electron chi connectivity index (χ0n) is 14.3. The average Bonchev–Trinajstić information content (AvgIpc) is 3.22. The molecule has 27 heavy (non-hydrogen) atoms. The van der Waals surface area contributed by atoms with E-state index in [9.17, 15) is 0 Å². The number of hydrogen-bond acceptors (Lipinski definition) is 6. The first-order valence-corrected chi connectivity index (χ1v) is 9.13. The van der Waals surface area contributed by atoms with E-state index in [1.165, 1.54) is 18.5 Å². The highest BCUT2D eigenvalue weighted by molar-refractivity contribution is 6.31. The molecule has 1 fully saturated rings. The molecular formula is C18H17ClN8. The third-order valence-corrected chi connectivity index (χ3v) is 4.79. The van der Waals surface area contributed by atoms with Crippen LogP contribution < -0.4 is 10.6 Å². The van der Waals surface area contributed by atoms with Gasteiger partial charge in [-0.1, -0.05) is 11.6 Å². The normalized spacial score (nSPS) is 13.8. The SMILES string of the molecule is Clc1cc(CNc2nccc(Nc3cc(C4CC4)[nH]n3)n2)c2cn[nH]c2c1. The molecule has 1 aliphatic carbocycles. The highest BCUT2D eigenvalue weighted by atomic mass is 35.5. The number of fused-ring (bicyclic) bond motifs is 1. The highest BCUT2D eigenvalue weighted by Crippen LogP contribution is 2.39. The van der Waals surface area contributed by atoms with Crippen molar-refractivity contribution in [1.29, 1.82) is 0 Å². The van der Waals surface area contributed by atoms with Crippen molar-refractivity contribution in [2.75, 3.05) is 10.6 Å². The van der Waals surface area contributed by atoms with E-state index in [1.54, 1.807) is 12.4 Å². The minimum atomic E-state index is 0.523. The van der Waals surface area contributed by atoms with E-state index in [0.29, 0.717) is 29.3 Å². The van der Waals surface area contributed by atoms with Crippen molar-refractivity contribution in [1.82, 2.24) is 30.4 Å². The molecule has 0 amide bonds. The molecular weight excluding hydrogens is 364 g/mol. The van der Waals surface area contributed by atoms with Crippen LogP contribution in [-0.4, -0.2) is 30.4 Å². The zero-order valence-corrected chi connectivity index (χ0v) is 15.1. The number of halogens is 1. The first-order chi connectivity index (χ1) is 13.2. The lowest BCUT2D eigenvalue weighted by Gasteiger charge is -2.08. The van der Waals surface area contributed by atoms with Gasteiger partial charge in [-0.15, -0.1) is 0 Å². The van der Waals surface area contributed by atoms with Crippen molar-refractivity contribution >= 4 is 40.1 Å². The molecule has 136 valence electrons. The molecule has 8 nitrogen and oxygen atoms in total. The monoisotopic (exact) mass is 380 g/mol. The summed E-state index contributed by atoms with van der Waals surface area (Å²) in [7, 11) is 0. The van der Waals surface area contributed by atoms with Crippen molar-refractivity contribution in [3.05, 3.63) is 52.9 Å². The third kappa shape index (κ3) is 3.43. The number of H-pyrrole nitrogens is 2. The van der Waals surface area contributed by atoms with Crippen molar-refractivity contribution in [2.45, 2.75) is 25.3 Å². The van der Waals surface area contributed by atoms with Crippen LogP contribution in [0.4, 0.5) is 17.6 Å². The first-order valence-electron chi connectivity index (χ1n) is 8.75. The Morgan fingerprint density at radius 3 is 2.96 bits per heavy atom. The number of aromatic nitrogens is 6. The van der Waals surface area contributed by atoms with E-state index in [4.69, 9.17) is 11.6 Å². The molecule has 0 aliphatic heterocycles. The van der Waals surface area contributed by atoms with Crippen molar-refractivity contribution in [3.63, 3.8) is 0 Å². The van der Waals surface area contributed by atoms with E-state index in [0.717, 1.165) is 22.3 Å². The Balaban J connectivity index is 1.30. The number of anilines is 3. The largest absolute Gasteiger partial charge is 0.350 e. The topological polar surface area (TPSA) is 107 Å². The van der Waals surface area contributed by atoms with Crippen molar-refractivity contribution in [3.8, 4) is 0 Å². The van der Waals surface area contributed by atoms with Crippen LogP contribution in [0.3, 0.4) is 0 Å². The Morgan fingerprint density at radius 1 is 1.15 bits per heavy atom. The van der Waals surface area contributed by atoms with Gasteiger partial charge in [-0.05, 0) is 36.6 Å². The van der Waals surface area contributed by atoms with Crippen molar-refractivity contribution < 1.29 is 0 Å². The lowest BCUT2D eigenvalue weighted by molar-refractivity contribution is 0.966. The van der Waals surface area contributed by atoms with Crippen LogP contribution in [0.5, 0.6) is 0 Å². The Bertz CT molecular complexity index is 1100. The number of rotatable bonds is 6. The molecule has 0 spiro atoms. The van der Waals surface area contributed by atoms with Crippen molar-refractivity contribution in [2.24, 2.45) is 0 Å². The second-order valence-corrected chi connectivity index (χ2v) is 7.06. The predicted octanol–water partition coefficient (Wildman–Crippen LogP) is 3.96. The minimum Gasteiger partial charge on any atom is -0.350 e. The molecule has 3 aromatic heterocycles. The van der Waals surface area contributed by atoms with Gasteiger partial charge in [0.15, 0.2) is 5.82 Å². The second kappa shape index (κ2) is 6.55. The molecule has 0 saturated heterocycles. The Kier molecular flexibility index (Phi) is 3.90. The summed E-state index contributed by atoms with van der Waals surface area (Å²) in [5, 5.41) is 22.5. The number of hydrogen-bond donors (Lipinski definition) is 4. The molecule has 9 heteroatoms. The molecule has 0 bridgehead atoms. The summed E-state index contributed by atoms with van der Waals surface area (Å²) < 4.78 is 0. The number of nitrogens with one attached hydrogen (secondary N) is 4. The van der Waals surface area contributed by atoms with Crippen LogP contribution in [0.15, 0.2) is 36.7 Å². The summed E-state index contributed by atoms with van der Waals surface area (Å²) in [6, 6.07) is 7.62. The lowest BCUT2D eigenvalue weighted by atomic mass is 10.1. The molecule has 4 aromatic rings. The van der Waals surface area contributed by atoms with E-state index in [2.05, 4.69) is 41.0 Å². The van der Waals surface area contributed by atoms with Gasteiger partial charge in [-0.3, -0.25) is 10.2 Å². The van der Waals surface area contributed by atoms with E-state index < -0.39 is 0 Å². The standard InChI is InChI=1S/C18H17ClN8/c19-12-5-11(13-9-22-25-15(13)6-12)8-21-18-20-4-3-16(24-18)23-17-7-14(26-27-17)10-1-2-10/h3-7,9-10H,1-2,8H2,(H,22,25)(H3,20,21,23,24,26,27). The first kappa shape index (κ1) is 16.1. The van der Waals surface area contributed by atoms with Gasteiger partial charge in [0.25, 0.3) is 0 Å². The summed E-state index contributed by atoms with van der Waals surface area (Å²) in [6.07, 6.45) is 5.96. The Morgan fingerprint density at radius 2 is 2.07 bits per heavy atom. The summed E-state index contributed by atoms with van der Waals surface area (Å²) in [5.41, 5.74) is 3.10. The average molecular weight is 381 g/mol. The lowest BCUT2D eigenvalue weighted by Crippen LogP contribution is -2.05. The fraction of sp³-hybridized carbons (Fsp3) is 0.222. The number of aromatic amines is 2. The van der Waals surface area contributed by atoms with Gasteiger partial charge in [0, 0.05) is 40.8 Å². The van der Waals surface area contributed by atoms with Gasteiger partial charge in [0.2, 0.25) is 5.95 Å². The van der Waals surface area contributed by atoms with Gasteiger partial charge in [0.1, 0.15) is 5.82 Å². The fourth-order valence-corrected chi connectivity index (χ4v) is 3.30. The van der Waals surface area contributed by atoms with Gasteiger partial charge in [0.05, 0.1) is 11.7 Å². The molecule has 0 atom stereocenters. The van der Waals surface area contributed by atoms with Crippen LogP contribution >= 0.6 is 11.6 Å². The van der Waals surface area contributed by atoms with E-state index >= 15 is 0 Å². The molecule has 3 heterocycles. The third-order valence-electron chi connectivity index (χ3n) is 4.57. The molecule has 5 rings (SSSR count). The summed E-state index contributed by atoms with van der Waals surface area (Å²) in [4.78, 5) is 8.78. The second-order valence-electron chi connectivity index (χ2n) is 6.62. The predicted molar refractivity (Wildman–Crippen MR) is 104 cm³/mol. The van der Waals surface area contributed by atoms with Crippen LogP contribution in [0.25, 0.3) is 10.9 Å². The molecule has 0 unspecified atom stereocenters. The van der Waals surface area contributed by atoms with Crippen LogP contribution in [0.2, 0.25) is 5.02 Å². The number of benzene rings is 1. The van der Waals surface area contributed by atoms with Crippen LogP contribution in [0, 0.1) is 0 Å². The number of nitrogens with zero attached hydrogens (tertiary/aromatic N) is 4. The molecule has 1 aromatic carbocycles. The van der Waals surface area contributed by atoms with Gasteiger partial charge >= 0.3 is 0 Å². The summed E-state index contributed by atoms with van der Waals surface area (Å²) in [5.74, 6) is 2.60. The smallest absolute Gasteiger partial charge is 0.224 e. The summed E-state index contributed by atoms with van der Waals surface area (Å²) in [6.45, 7) is 0.536. The fourth-order valence-electron chi connectivity index (χ4n) is 3.06. The van der Waals surface area contributed by atoms with Gasteiger partial charge in [-0.25, -0.2) is 4.98 Å². The maximum Gasteiger partial charge on any atom is 0.224 e. The van der Waals surface area contributed by atoms with Gasteiger partial charge < -0.3 is 10.6 Å². The Hall–Kier alpha value is -3.13. The highest BCUT2D eigenvalue weighted by Gasteiger charge is 2.25. The zero-order chi connectivity index (χ0) is 18.2. The maximum atomic E-state index is 6.18. The van der Waals surface area contributed by atoms with Gasteiger partial charge in [-0.2, -0.15) is 15.2 Å². The van der Waals surface area contributed by atoms with Crippen LogP contribution in [-0.2, 0) is 6.54 Å². The minimum absolute atomic E-state index is 0.523. The Labute approximate surface area is 159 Å². The molecule has 0 radical (unpaired) electrons. The molecule has 4 N–H and O–H groups in total. The molecule has 1 saturated carbocycles. The summed E-state index contributed by atoms with van der Waals surface area (Å²) >= 11 is 6.18. The van der Waals surface area contributed by atoms with E-state index in [1.807, 2.05) is 24.3 Å². The molecule has 1 aliphatic rings. The quantitative estimate of drug-likeness (QED) is 0.403.